The Morgan fingerprint density at radius 2 is 1.69 bits per heavy atom. The summed E-state index contributed by atoms with van der Waals surface area (Å²) in [6, 6.07) is 11.4. The van der Waals surface area contributed by atoms with Gasteiger partial charge in [0.25, 0.3) is 0 Å². The van der Waals surface area contributed by atoms with Gasteiger partial charge in [-0.1, -0.05) is 23.9 Å². The molecule has 1 spiro atoms. The van der Waals surface area contributed by atoms with E-state index in [1.807, 2.05) is 29.2 Å². The Morgan fingerprint density at radius 3 is 2.41 bits per heavy atom. The van der Waals surface area contributed by atoms with E-state index in [2.05, 4.69) is 0 Å². The number of alkyl halides is 3. The lowest BCUT2D eigenvalue weighted by Crippen LogP contribution is -2.47. The second-order valence-corrected chi connectivity index (χ2v) is 9.22. The van der Waals surface area contributed by atoms with Gasteiger partial charge < -0.3 is 19.3 Å². The van der Waals surface area contributed by atoms with Crippen LogP contribution in [-0.2, 0) is 20.4 Å². The molecular weight excluding hydrogens is 441 g/mol. The summed E-state index contributed by atoms with van der Waals surface area (Å²) in [4.78, 5) is 18.3. The highest BCUT2D eigenvalue weighted by Crippen LogP contribution is 2.49. The molecule has 2 aromatic rings. The van der Waals surface area contributed by atoms with Gasteiger partial charge in [0.1, 0.15) is 0 Å². The number of rotatable bonds is 3. The lowest BCUT2D eigenvalue weighted by Gasteiger charge is -2.38. The summed E-state index contributed by atoms with van der Waals surface area (Å²) in [7, 11) is 0. The van der Waals surface area contributed by atoms with Gasteiger partial charge in [-0.15, -0.1) is 0 Å². The molecule has 0 atom stereocenters. The number of para-hydroxylation sites is 1. The van der Waals surface area contributed by atoms with Gasteiger partial charge >= 0.3 is 6.18 Å². The Morgan fingerprint density at radius 1 is 1.00 bits per heavy atom. The van der Waals surface area contributed by atoms with E-state index in [0.717, 1.165) is 21.5 Å². The quantitative estimate of drug-likeness (QED) is 0.635. The lowest BCUT2D eigenvalue weighted by molar-refractivity contribution is -0.187. The second kappa shape index (κ2) is 8.28. The smallest absolute Gasteiger partial charge is 0.347 e. The third-order valence-electron chi connectivity index (χ3n) is 6.19. The van der Waals surface area contributed by atoms with Gasteiger partial charge in [0, 0.05) is 48.7 Å². The van der Waals surface area contributed by atoms with E-state index in [1.165, 1.54) is 23.9 Å². The topological polar surface area (TPSA) is 42.0 Å². The number of carbonyl (C=O) groups excluding carboxylic acids is 1. The standard InChI is InChI=1S/C23H23F3N2O3S/c24-23(25,26)16-5-6-20-18(15-16)28(17-3-1-2-4-19(17)32-20)10-7-21(29)27-11-8-22(9-12-27)30-13-14-31-22/h1-6,15H,7-14H2. The van der Waals surface area contributed by atoms with E-state index in [1.54, 1.807) is 4.90 Å². The maximum absolute atomic E-state index is 13.4. The summed E-state index contributed by atoms with van der Waals surface area (Å²) in [5.74, 6) is -0.561. The van der Waals surface area contributed by atoms with Gasteiger partial charge in [-0.05, 0) is 30.3 Å². The number of benzene rings is 2. The number of piperidine rings is 1. The van der Waals surface area contributed by atoms with Crippen molar-refractivity contribution in [2.45, 2.75) is 41.0 Å². The molecular formula is C23H23F3N2O3S. The predicted molar refractivity (Wildman–Crippen MR) is 114 cm³/mol. The minimum atomic E-state index is -4.42. The van der Waals surface area contributed by atoms with Crippen molar-refractivity contribution in [2.24, 2.45) is 0 Å². The van der Waals surface area contributed by atoms with Crippen LogP contribution in [0.25, 0.3) is 0 Å². The molecule has 9 heteroatoms. The Hall–Kier alpha value is -2.23. The van der Waals surface area contributed by atoms with E-state index in [0.29, 0.717) is 51.4 Å². The van der Waals surface area contributed by atoms with Gasteiger partial charge in [-0.2, -0.15) is 13.2 Å². The van der Waals surface area contributed by atoms with Crippen LogP contribution in [0.3, 0.4) is 0 Å². The largest absolute Gasteiger partial charge is 0.416 e. The van der Waals surface area contributed by atoms with Crippen LogP contribution in [-0.4, -0.2) is 49.4 Å². The Kier molecular flexibility index (Phi) is 5.59. The summed E-state index contributed by atoms with van der Waals surface area (Å²) < 4.78 is 51.5. The minimum Gasteiger partial charge on any atom is -0.347 e. The summed E-state index contributed by atoms with van der Waals surface area (Å²) >= 11 is 1.45. The molecule has 2 fully saturated rings. The molecule has 0 unspecified atom stereocenters. The van der Waals surface area contributed by atoms with Gasteiger partial charge in [-0.25, -0.2) is 0 Å². The number of fused-ring (bicyclic) bond motifs is 2. The summed E-state index contributed by atoms with van der Waals surface area (Å²) in [6.45, 7) is 2.58. The molecule has 5 nitrogen and oxygen atoms in total. The van der Waals surface area contributed by atoms with Crippen LogP contribution < -0.4 is 4.90 Å². The Labute approximate surface area is 188 Å². The van der Waals surface area contributed by atoms with Gasteiger partial charge in [0.05, 0.1) is 30.2 Å². The molecule has 3 heterocycles. The first-order valence-corrected chi connectivity index (χ1v) is 11.5. The van der Waals surface area contributed by atoms with Crippen molar-refractivity contribution >= 4 is 29.0 Å². The van der Waals surface area contributed by atoms with E-state index in [-0.39, 0.29) is 12.3 Å². The van der Waals surface area contributed by atoms with Gasteiger partial charge in [-0.3, -0.25) is 4.79 Å². The summed E-state index contributed by atoms with van der Waals surface area (Å²) in [6.07, 6.45) is -2.94. The summed E-state index contributed by atoms with van der Waals surface area (Å²) in [5, 5.41) is 0. The number of halogens is 3. The minimum absolute atomic E-state index is 0.0120. The third kappa shape index (κ3) is 4.09. The van der Waals surface area contributed by atoms with Crippen molar-refractivity contribution in [2.75, 3.05) is 37.7 Å². The fourth-order valence-electron chi connectivity index (χ4n) is 4.49. The van der Waals surface area contributed by atoms with E-state index in [9.17, 15) is 18.0 Å². The predicted octanol–water partition coefficient (Wildman–Crippen LogP) is 5.06. The normalized spacial score (nSPS) is 19.7. The number of ether oxygens (including phenoxy) is 2. The summed E-state index contributed by atoms with van der Waals surface area (Å²) in [5.41, 5.74) is 0.620. The van der Waals surface area contributed by atoms with Crippen molar-refractivity contribution in [3.8, 4) is 0 Å². The number of anilines is 2. The molecule has 0 radical (unpaired) electrons. The molecule has 2 saturated heterocycles. The third-order valence-corrected chi connectivity index (χ3v) is 7.32. The molecule has 2 aromatic carbocycles. The first kappa shape index (κ1) is 21.6. The zero-order valence-corrected chi connectivity index (χ0v) is 18.2. The van der Waals surface area contributed by atoms with Crippen LogP contribution in [0, 0.1) is 0 Å². The molecule has 32 heavy (non-hydrogen) atoms. The molecule has 3 aliphatic rings. The fraction of sp³-hybridized carbons (Fsp3) is 0.435. The number of hydrogen-bond donors (Lipinski definition) is 0. The molecule has 1 amide bonds. The monoisotopic (exact) mass is 464 g/mol. The van der Waals surface area contributed by atoms with Crippen LogP contribution in [0.4, 0.5) is 24.5 Å². The first-order chi connectivity index (χ1) is 15.3. The average Bonchev–Trinajstić information content (AvgIpc) is 3.23. The number of hydrogen-bond acceptors (Lipinski definition) is 5. The van der Waals surface area contributed by atoms with Crippen LogP contribution >= 0.6 is 11.8 Å². The molecule has 0 N–H and O–H groups in total. The molecule has 0 aromatic heterocycles. The maximum Gasteiger partial charge on any atom is 0.416 e. The average molecular weight is 465 g/mol. The van der Waals surface area contributed by atoms with E-state index < -0.39 is 17.5 Å². The zero-order chi connectivity index (χ0) is 22.3. The molecule has 5 rings (SSSR count). The van der Waals surface area contributed by atoms with Crippen LogP contribution in [0.1, 0.15) is 24.8 Å². The van der Waals surface area contributed by atoms with Gasteiger partial charge in [0.2, 0.25) is 5.91 Å². The number of nitrogens with zero attached hydrogens (tertiary/aromatic N) is 2. The van der Waals surface area contributed by atoms with Crippen molar-refractivity contribution in [3.63, 3.8) is 0 Å². The molecule has 0 aliphatic carbocycles. The zero-order valence-electron chi connectivity index (χ0n) is 17.4. The lowest BCUT2D eigenvalue weighted by atomic mass is 10.0. The number of amides is 1. The van der Waals surface area contributed by atoms with E-state index >= 15 is 0 Å². The van der Waals surface area contributed by atoms with Crippen molar-refractivity contribution in [1.29, 1.82) is 0 Å². The first-order valence-electron chi connectivity index (χ1n) is 10.7. The highest BCUT2D eigenvalue weighted by Gasteiger charge is 2.41. The number of likely N-dealkylation sites (tertiary alicyclic amines) is 1. The highest BCUT2D eigenvalue weighted by molar-refractivity contribution is 7.99. The molecule has 0 saturated carbocycles. The van der Waals surface area contributed by atoms with Crippen molar-refractivity contribution in [1.82, 2.24) is 4.90 Å². The second-order valence-electron chi connectivity index (χ2n) is 8.14. The number of carbonyl (C=O) groups is 1. The van der Waals surface area contributed by atoms with Gasteiger partial charge in [0.15, 0.2) is 5.79 Å². The van der Waals surface area contributed by atoms with Crippen molar-refractivity contribution < 1.29 is 27.4 Å². The van der Waals surface area contributed by atoms with Crippen LogP contribution in [0.5, 0.6) is 0 Å². The Balaban J connectivity index is 1.33. The van der Waals surface area contributed by atoms with Crippen molar-refractivity contribution in [3.05, 3.63) is 48.0 Å². The molecule has 170 valence electrons. The molecule has 0 bridgehead atoms. The van der Waals surface area contributed by atoms with Crippen LogP contribution in [0.2, 0.25) is 0 Å². The van der Waals surface area contributed by atoms with Crippen LogP contribution in [0.15, 0.2) is 52.3 Å². The SMILES string of the molecule is O=C(CCN1c2ccccc2Sc2ccc(C(F)(F)F)cc21)N1CCC2(CC1)OCCO2. The maximum atomic E-state index is 13.4. The fourth-order valence-corrected chi connectivity index (χ4v) is 5.57. The highest BCUT2D eigenvalue weighted by atomic mass is 32.2. The Bertz CT molecular complexity index is 1010. The van der Waals surface area contributed by atoms with E-state index in [4.69, 9.17) is 9.47 Å². The molecule has 3 aliphatic heterocycles.